The summed E-state index contributed by atoms with van der Waals surface area (Å²) in [6.45, 7) is 0.664. The molecule has 12 heteroatoms. The minimum atomic E-state index is -0.609. The number of carbonyl (C=O) groups excluding carboxylic acids is 2. The van der Waals surface area contributed by atoms with E-state index in [9.17, 15) is 9.59 Å². The largest absolute Gasteiger partial charge is 0.481 e. The zero-order valence-corrected chi connectivity index (χ0v) is 18.4. The van der Waals surface area contributed by atoms with E-state index >= 15 is 0 Å². The Balaban J connectivity index is 1.40. The van der Waals surface area contributed by atoms with Gasteiger partial charge in [0.2, 0.25) is 11.8 Å². The van der Waals surface area contributed by atoms with Crippen LogP contribution < -0.4 is 20.7 Å². The SMILES string of the molecule is COc1ccc(CC(=O)[C@@H]2CCCN2c2nc(Nc3cc(C(N)=O)[nH]n3)c3cccn3n2)cn1. The minimum Gasteiger partial charge on any atom is -0.481 e. The molecule has 0 radical (unpaired) electrons. The lowest BCUT2D eigenvalue weighted by atomic mass is 10.0. The highest BCUT2D eigenvalue weighted by Gasteiger charge is 2.33. The van der Waals surface area contributed by atoms with Crippen LogP contribution in [-0.2, 0) is 11.2 Å². The molecule has 12 nitrogen and oxygen atoms in total. The number of primary amides is 1. The first-order valence-corrected chi connectivity index (χ1v) is 10.8. The molecule has 0 saturated carbocycles. The van der Waals surface area contributed by atoms with Crippen molar-refractivity contribution in [1.29, 1.82) is 0 Å². The molecule has 0 aromatic carbocycles. The molecule has 174 valence electrons. The Hall–Kier alpha value is -4.48. The van der Waals surface area contributed by atoms with Crippen molar-refractivity contribution in [3.63, 3.8) is 0 Å². The molecule has 34 heavy (non-hydrogen) atoms. The Labute approximate surface area is 194 Å². The number of pyridine rings is 1. The summed E-state index contributed by atoms with van der Waals surface area (Å²) in [4.78, 5) is 35.4. The van der Waals surface area contributed by atoms with Crippen LogP contribution in [0.2, 0.25) is 0 Å². The minimum absolute atomic E-state index is 0.0774. The predicted octanol–water partition coefficient (Wildman–Crippen LogP) is 1.48. The van der Waals surface area contributed by atoms with Gasteiger partial charge in [0.15, 0.2) is 17.4 Å². The van der Waals surface area contributed by atoms with E-state index in [0.717, 1.165) is 23.9 Å². The molecular formula is C22H23N9O3. The Morgan fingerprint density at radius 3 is 2.94 bits per heavy atom. The molecule has 1 amide bonds. The van der Waals surface area contributed by atoms with Crippen molar-refractivity contribution >= 4 is 34.8 Å². The standard InChI is InChI=1S/C22H23N9O3/c1-34-19-7-6-13(12-24-19)10-17(32)15-4-2-8-30(15)22-26-21(16-5-3-9-31(16)29-22)25-18-11-14(20(23)33)27-28-18/h3,5-7,9,11-12,15H,2,4,8,10H2,1H3,(H2,23,33)(H2,25,26,27,28,29)/t15-/m0/s1. The van der Waals surface area contributed by atoms with Crippen molar-refractivity contribution in [2.75, 3.05) is 23.9 Å². The van der Waals surface area contributed by atoms with Gasteiger partial charge in [0, 0.05) is 37.5 Å². The molecule has 5 heterocycles. The first kappa shape index (κ1) is 21.4. The van der Waals surface area contributed by atoms with Gasteiger partial charge in [-0.2, -0.15) is 10.1 Å². The molecule has 5 rings (SSSR count). The summed E-state index contributed by atoms with van der Waals surface area (Å²) in [6, 6.07) is 8.47. The van der Waals surface area contributed by atoms with Crippen LogP contribution in [0.1, 0.15) is 28.9 Å². The molecule has 0 bridgehead atoms. The highest BCUT2D eigenvalue weighted by Crippen LogP contribution is 2.27. The van der Waals surface area contributed by atoms with Gasteiger partial charge in [-0.1, -0.05) is 6.07 Å². The van der Waals surface area contributed by atoms with Gasteiger partial charge in [-0.05, 0) is 30.5 Å². The number of hydrogen-bond acceptors (Lipinski definition) is 9. The smallest absolute Gasteiger partial charge is 0.266 e. The number of carbonyl (C=O) groups is 2. The van der Waals surface area contributed by atoms with Crippen molar-refractivity contribution in [3.8, 4) is 5.88 Å². The number of aromatic nitrogens is 6. The molecule has 1 saturated heterocycles. The summed E-state index contributed by atoms with van der Waals surface area (Å²) in [6.07, 6.45) is 5.30. The van der Waals surface area contributed by atoms with Crippen molar-refractivity contribution in [1.82, 2.24) is 29.8 Å². The molecule has 4 aromatic rings. The third-order valence-corrected chi connectivity index (χ3v) is 5.74. The van der Waals surface area contributed by atoms with Crippen LogP contribution in [-0.4, -0.2) is 61.2 Å². The van der Waals surface area contributed by atoms with Crippen LogP contribution in [0.15, 0.2) is 42.7 Å². The average Bonchev–Trinajstić information content (AvgIpc) is 3.59. The third-order valence-electron chi connectivity index (χ3n) is 5.74. The lowest BCUT2D eigenvalue weighted by Gasteiger charge is -2.24. The predicted molar refractivity (Wildman–Crippen MR) is 123 cm³/mol. The van der Waals surface area contributed by atoms with Gasteiger partial charge in [0.25, 0.3) is 5.91 Å². The third kappa shape index (κ3) is 4.12. The van der Waals surface area contributed by atoms with Crippen LogP contribution in [0.25, 0.3) is 5.52 Å². The maximum atomic E-state index is 13.2. The number of amides is 1. The van der Waals surface area contributed by atoms with E-state index in [2.05, 4.69) is 25.6 Å². The van der Waals surface area contributed by atoms with Gasteiger partial charge in [-0.3, -0.25) is 14.7 Å². The van der Waals surface area contributed by atoms with E-state index in [0.29, 0.717) is 30.0 Å². The zero-order chi connectivity index (χ0) is 23.7. The van der Waals surface area contributed by atoms with Crippen LogP contribution >= 0.6 is 0 Å². The highest BCUT2D eigenvalue weighted by molar-refractivity contribution is 5.92. The number of H-pyrrole nitrogens is 1. The number of rotatable bonds is 8. The number of fused-ring (bicyclic) bond motifs is 1. The number of methoxy groups -OCH3 is 1. The maximum Gasteiger partial charge on any atom is 0.266 e. The van der Waals surface area contributed by atoms with E-state index in [-0.39, 0.29) is 23.9 Å². The number of nitrogens with two attached hydrogens (primary N) is 1. The monoisotopic (exact) mass is 461 g/mol. The number of nitrogens with zero attached hydrogens (tertiary/aromatic N) is 6. The van der Waals surface area contributed by atoms with Gasteiger partial charge in [-0.15, -0.1) is 5.10 Å². The van der Waals surface area contributed by atoms with E-state index < -0.39 is 5.91 Å². The van der Waals surface area contributed by atoms with Crippen molar-refractivity contribution in [2.24, 2.45) is 5.73 Å². The molecule has 1 aliphatic heterocycles. The van der Waals surface area contributed by atoms with Crippen molar-refractivity contribution < 1.29 is 14.3 Å². The number of Topliss-reactive ketones (excluding diaryl/α,β-unsaturated/α-hetero) is 1. The Morgan fingerprint density at radius 1 is 1.32 bits per heavy atom. The maximum absolute atomic E-state index is 13.2. The molecule has 0 unspecified atom stereocenters. The fraction of sp³-hybridized carbons (Fsp3) is 0.273. The lowest BCUT2D eigenvalue weighted by Crippen LogP contribution is -2.38. The molecule has 1 aliphatic rings. The second kappa shape index (κ2) is 8.81. The molecule has 4 N–H and O–H groups in total. The summed E-state index contributed by atoms with van der Waals surface area (Å²) >= 11 is 0. The molecular weight excluding hydrogens is 438 g/mol. The quantitative estimate of drug-likeness (QED) is 0.353. The van der Waals surface area contributed by atoms with Crippen LogP contribution in [0.4, 0.5) is 17.6 Å². The Bertz CT molecular complexity index is 1350. The highest BCUT2D eigenvalue weighted by atomic mass is 16.5. The van der Waals surface area contributed by atoms with Gasteiger partial charge < -0.3 is 20.7 Å². The van der Waals surface area contributed by atoms with Gasteiger partial charge in [-0.25, -0.2) is 9.50 Å². The molecule has 1 fully saturated rings. The van der Waals surface area contributed by atoms with E-state index in [4.69, 9.17) is 15.5 Å². The molecule has 0 spiro atoms. The normalized spacial score (nSPS) is 15.6. The summed E-state index contributed by atoms with van der Waals surface area (Å²) in [7, 11) is 1.55. The number of aromatic amines is 1. The number of ether oxygens (including phenoxy) is 1. The fourth-order valence-corrected chi connectivity index (χ4v) is 4.07. The fourth-order valence-electron chi connectivity index (χ4n) is 4.07. The average molecular weight is 461 g/mol. The number of ketones is 1. The summed E-state index contributed by atoms with van der Waals surface area (Å²) < 4.78 is 6.78. The van der Waals surface area contributed by atoms with E-state index in [1.54, 1.807) is 30.1 Å². The topological polar surface area (TPSA) is 156 Å². The summed E-state index contributed by atoms with van der Waals surface area (Å²) in [5.41, 5.74) is 7.03. The molecule has 4 aromatic heterocycles. The lowest BCUT2D eigenvalue weighted by molar-refractivity contribution is -0.119. The van der Waals surface area contributed by atoms with Crippen LogP contribution in [0.5, 0.6) is 5.88 Å². The second-order valence-electron chi connectivity index (χ2n) is 7.96. The Kier molecular flexibility index (Phi) is 5.54. The van der Waals surface area contributed by atoms with Gasteiger partial charge in [0.05, 0.1) is 13.2 Å². The first-order valence-electron chi connectivity index (χ1n) is 10.8. The molecule has 0 aliphatic carbocycles. The van der Waals surface area contributed by atoms with E-state index in [1.807, 2.05) is 23.1 Å². The van der Waals surface area contributed by atoms with E-state index in [1.165, 1.54) is 6.07 Å². The number of anilines is 3. The van der Waals surface area contributed by atoms with Crippen molar-refractivity contribution in [2.45, 2.75) is 25.3 Å². The molecule has 1 atom stereocenters. The van der Waals surface area contributed by atoms with Gasteiger partial charge in [0.1, 0.15) is 11.2 Å². The Morgan fingerprint density at radius 2 is 2.21 bits per heavy atom. The first-order chi connectivity index (χ1) is 16.5. The number of hydrogen-bond donors (Lipinski definition) is 3. The summed E-state index contributed by atoms with van der Waals surface area (Å²) in [5.74, 6) is 1.29. The second-order valence-corrected chi connectivity index (χ2v) is 7.96. The van der Waals surface area contributed by atoms with Crippen molar-refractivity contribution in [3.05, 3.63) is 54.0 Å². The summed E-state index contributed by atoms with van der Waals surface area (Å²) in [5, 5.41) is 14.4. The van der Waals surface area contributed by atoms with Crippen LogP contribution in [0.3, 0.4) is 0 Å². The number of nitrogens with one attached hydrogen (secondary N) is 2. The van der Waals surface area contributed by atoms with Crippen LogP contribution in [0, 0.1) is 0 Å². The zero-order valence-electron chi connectivity index (χ0n) is 18.4. The van der Waals surface area contributed by atoms with Gasteiger partial charge >= 0.3 is 0 Å².